The molecule has 2 atom stereocenters. The molecule has 7 heterocycles. The molecule has 6 aromatic heterocycles. The van der Waals surface area contributed by atoms with Crippen LogP contribution in [0.15, 0.2) is 67.0 Å². The van der Waals surface area contributed by atoms with Gasteiger partial charge in [-0.2, -0.15) is 0 Å². The molecule has 7 amide bonds. The molecule has 25 nitrogen and oxygen atoms in total. The molecule has 6 aromatic rings. The summed E-state index contributed by atoms with van der Waals surface area (Å²) in [5.41, 5.74) is 3.93. The number of fused-ring (bicyclic) bond motifs is 1. The third-order valence-electron chi connectivity index (χ3n) is 13.3. The number of aromatic amines is 1. The van der Waals surface area contributed by atoms with E-state index in [4.69, 9.17) is 4.74 Å². The van der Waals surface area contributed by atoms with Gasteiger partial charge >= 0.3 is 5.97 Å². The quantitative estimate of drug-likeness (QED) is 0.0417. The Morgan fingerprint density at radius 2 is 1.32 bits per heavy atom. The summed E-state index contributed by atoms with van der Waals surface area (Å²) < 4.78 is 12.7. The molecule has 2 fully saturated rings. The van der Waals surface area contributed by atoms with E-state index < -0.39 is 40.9 Å². The number of nitrogens with zero attached hydrogens (tertiary/aromatic N) is 8. The monoisotopic (exact) mass is 1020 g/mol. The molecule has 388 valence electrons. The topological polar surface area (TPSA) is 305 Å². The number of carbonyl (C=O) groups excluding carboxylic acids is 9. The van der Waals surface area contributed by atoms with Gasteiger partial charge in [0.2, 0.25) is 29.2 Å². The van der Waals surface area contributed by atoms with Crippen LogP contribution in [0.1, 0.15) is 106 Å². The summed E-state index contributed by atoms with van der Waals surface area (Å²) in [4.78, 5) is 130. The van der Waals surface area contributed by atoms with Crippen molar-refractivity contribution in [3.63, 3.8) is 0 Å². The third kappa shape index (κ3) is 9.64. The molecule has 2 aliphatic carbocycles. The van der Waals surface area contributed by atoms with E-state index in [0.717, 1.165) is 0 Å². The average molecular weight is 1020 g/mol. The van der Waals surface area contributed by atoms with Gasteiger partial charge in [-0.05, 0) is 50.0 Å². The van der Waals surface area contributed by atoms with Crippen LogP contribution in [-0.4, -0.2) is 116 Å². The van der Waals surface area contributed by atoms with Crippen LogP contribution in [0.4, 0.5) is 28.7 Å². The molecule has 3 aliphatic rings. The lowest BCUT2D eigenvalue weighted by atomic mass is 9.82. The van der Waals surface area contributed by atoms with Crippen LogP contribution in [0, 0.1) is 12.8 Å². The zero-order valence-electron chi connectivity index (χ0n) is 42.1. The smallest absolute Gasteiger partial charge is 0.340 e. The van der Waals surface area contributed by atoms with Crippen molar-refractivity contribution in [3.05, 3.63) is 118 Å². The van der Waals surface area contributed by atoms with Gasteiger partial charge in [0.05, 0.1) is 35.4 Å². The van der Waals surface area contributed by atoms with E-state index in [1.54, 1.807) is 82.4 Å². The van der Waals surface area contributed by atoms with E-state index in [1.165, 1.54) is 69.0 Å². The second-order valence-corrected chi connectivity index (χ2v) is 18.7. The lowest BCUT2D eigenvalue weighted by Gasteiger charge is -2.27. The molecular weight excluding hydrogens is 971 g/mol. The maximum absolute atomic E-state index is 13.7. The van der Waals surface area contributed by atoms with Gasteiger partial charge in [-0.15, -0.1) is 0 Å². The minimum atomic E-state index is -0.617. The highest BCUT2D eigenvalue weighted by Gasteiger charge is 2.68. The predicted octanol–water partition coefficient (Wildman–Crippen LogP) is 3.35. The maximum atomic E-state index is 13.7. The van der Waals surface area contributed by atoms with Crippen molar-refractivity contribution in [3.8, 4) is 0 Å². The Balaban J connectivity index is 0.724. The van der Waals surface area contributed by atoms with Crippen LogP contribution < -0.4 is 31.9 Å². The normalized spacial score (nSPS) is 16.2. The highest BCUT2D eigenvalue weighted by Crippen LogP contribution is 2.67. The standard InChI is InChI=1S/C50H53N15O10/c1-25-40(49(74)75-8)41-42(52-25)34(67)17-35-50(41)18-27(50)19-65(35)39(69)12-11-31-14-28(20-60(31)3)55-47(72)44-59-37(24-64(44)7)57-38(68)10-9-13-51-45(70)32-15-29(21-61(32)4)54-46(71)33-16-30(22-62(33)5)56-48(73)43-58-36(23-63(43)6)53-26(2)66/h11-12,14-17,20-24,27,52H,9-10,13,18-19H2,1-8H3,(H,51,70)(H,53,66)(H,54,71)(H,55,72)(H,56,73)(H,57,68)/t27-,50+/m1/s1. The Kier molecular flexibility index (Phi) is 13.1. The molecule has 1 spiro atoms. The van der Waals surface area contributed by atoms with Gasteiger partial charge in [0.15, 0.2) is 11.6 Å². The number of H-pyrrole nitrogens is 1. The number of ether oxygens (including phenoxy) is 1. The van der Waals surface area contributed by atoms with Crippen LogP contribution in [0.25, 0.3) is 6.08 Å². The number of hydrogen-bond donors (Lipinski definition) is 7. The summed E-state index contributed by atoms with van der Waals surface area (Å²) in [6.45, 7) is 3.58. The number of hydrogen-bond acceptors (Lipinski definition) is 12. The van der Waals surface area contributed by atoms with Gasteiger partial charge in [-0.25, -0.2) is 14.8 Å². The van der Waals surface area contributed by atoms with Gasteiger partial charge in [0, 0.05) is 133 Å². The number of ketones is 1. The fraction of sp³-hybridized carbons (Fsp3) is 0.300. The van der Waals surface area contributed by atoms with Gasteiger partial charge in [-0.3, -0.25) is 38.4 Å². The molecule has 0 bridgehead atoms. The molecular formula is C50H53N15O10. The number of methoxy groups -OCH3 is 1. The van der Waals surface area contributed by atoms with Crippen LogP contribution >= 0.6 is 0 Å². The molecule has 0 radical (unpaired) electrons. The van der Waals surface area contributed by atoms with Crippen molar-refractivity contribution < 1.29 is 47.9 Å². The number of piperidine rings is 1. The average Bonchev–Trinajstić information content (AvgIpc) is 4.22. The van der Waals surface area contributed by atoms with Crippen molar-refractivity contribution >= 4 is 87.9 Å². The van der Waals surface area contributed by atoms with Crippen molar-refractivity contribution in [2.24, 2.45) is 41.2 Å². The second kappa shape index (κ2) is 19.5. The molecule has 1 saturated carbocycles. The summed E-state index contributed by atoms with van der Waals surface area (Å²) in [6, 6.07) is 4.66. The van der Waals surface area contributed by atoms with Crippen LogP contribution in [0.2, 0.25) is 0 Å². The Bertz CT molecular complexity index is 3500. The van der Waals surface area contributed by atoms with Crippen molar-refractivity contribution in [1.29, 1.82) is 0 Å². The predicted molar refractivity (Wildman–Crippen MR) is 271 cm³/mol. The molecule has 9 rings (SSSR count). The number of aromatic nitrogens is 8. The minimum Gasteiger partial charge on any atom is -0.465 e. The number of aryl methyl sites for hydroxylation is 6. The first-order chi connectivity index (χ1) is 35.6. The summed E-state index contributed by atoms with van der Waals surface area (Å²) in [5, 5.41) is 16.2. The SMILES string of the molecule is COC(=O)c1c(C)[nH]c2c1[C@@]13C[C@@H]1CN(C(=O)C=Cc1cc(NC(=O)c4nc(NC(=O)CCCNC(=O)c5cc(NC(=O)c6cc(NC(=O)c7nc(NC(C)=O)cn7C)cn6C)cn5C)cn4C)cn1C)C3=CC2=O. The van der Waals surface area contributed by atoms with Crippen LogP contribution in [0.3, 0.4) is 0 Å². The number of likely N-dealkylation sites (tertiary alicyclic amines) is 1. The highest BCUT2D eigenvalue weighted by atomic mass is 16.5. The minimum absolute atomic E-state index is 0.0123. The summed E-state index contributed by atoms with van der Waals surface area (Å²) in [5.74, 6) is -3.52. The lowest BCUT2D eigenvalue weighted by Crippen LogP contribution is -2.33. The largest absolute Gasteiger partial charge is 0.465 e. The molecule has 7 N–H and O–H groups in total. The maximum Gasteiger partial charge on any atom is 0.340 e. The molecule has 1 saturated heterocycles. The zero-order valence-corrected chi connectivity index (χ0v) is 42.1. The molecule has 25 heteroatoms. The summed E-state index contributed by atoms with van der Waals surface area (Å²) in [7, 11) is 9.52. The zero-order chi connectivity index (χ0) is 53.8. The molecule has 1 aliphatic heterocycles. The van der Waals surface area contributed by atoms with E-state index in [1.807, 2.05) is 0 Å². The molecule has 0 unspecified atom stereocenters. The first-order valence-corrected chi connectivity index (χ1v) is 23.6. The van der Waals surface area contributed by atoms with Crippen molar-refractivity contribution in [1.82, 2.24) is 48.0 Å². The van der Waals surface area contributed by atoms with Crippen LogP contribution in [0.5, 0.6) is 0 Å². The van der Waals surface area contributed by atoms with E-state index in [0.29, 0.717) is 63.9 Å². The van der Waals surface area contributed by atoms with Gasteiger partial charge in [-0.1, -0.05) is 0 Å². The summed E-state index contributed by atoms with van der Waals surface area (Å²) in [6.07, 6.45) is 13.3. The Morgan fingerprint density at radius 3 is 1.93 bits per heavy atom. The molecule has 0 aromatic carbocycles. The first-order valence-electron chi connectivity index (χ1n) is 23.6. The number of imidazole rings is 2. The summed E-state index contributed by atoms with van der Waals surface area (Å²) >= 11 is 0. The number of amides is 7. The highest BCUT2D eigenvalue weighted by molar-refractivity contribution is 6.12. The second-order valence-electron chi connectivity index (χ2n) is 18.7. The van der Waals surface area contributed by atoms with E-state index in [9.17, 15) is 43.2 Å². The Morgan fingerprint density at radius 1 is 0.747 bits per heavy atom. The van der Waals surface area contributed by atoms with Gasteiger partial charge in [0.25, 0.3) is 29.5 Å². The van der Waals surface area contributed by atoms with Gasteiger partial charge in [0.1, 0.15) is 11.4 Å². The Labute approximate surface area is 427 Å². The lowest BCUT2D eigenvalue weighted by molar-refractivity contribution is -0.124. The van der Waals surface area contributed by atoms with E-state index in [2.05, 4.69) is 46.9 Å². The number of anilines is 5. The number of rotatable bonds is 16. The van der Waals surface area contributed by atoms with Crippen molar-refractivity contribution in [2.45, 2.75) is 38.5 Å². The fourth-order valence-electron chi connectivity index (χ4n) is 9.83. The fourth-order valence-corrected chi connectivity index (χ4v) is 9.83. The number of esters is 1. The Hall–Kier alpha value is -9.55. The molecule has 75 heavy (non-hydrogen) atoms. The van der Waals surface area contributed by atoms with Crippen LogP contribution in [-0.2, 0) is 59.8 Å². The number of allylic oxidation sites excluding steroid dienone is 2. The van der Waals surface area contributed by atoms with E-state index >= 15 is 0 Å². The van der Waals surface area contributed by atoms with Gasteiger partial charge < -0.3 is 69.4 Å². The van der Waals surface area contributed by atoms with E-state index in [-0.39, 0.29) is 77.6 Å². The third-order valence-corrected chi connectivity index (χ3v) is 13.3. The number of carbonyl (C=O) groups is 9. The number of nitrogens with one attached hydrogen (secondary N) is 7. The van der Waals surface area contributed by atoms with Crippen molar-refractivity contribution in [2.75, 3.05) is 46.8 Å². The first kappa shape index (κ1) is 50.4.